The zero-order chi connectivity index (χ0) is 28.5. The molecule has 2 heterocycles. The van der Waals surface area contributed by atoms with Crippen LogP contribution in [-0.2, 0) is 0 Å². The molecule has 0 spiro atoms. The molecule has 3 aromatic carbocycles. The lowest BCUT2D eigenvalue weighted by molar-refractivity contribution is 0.304. The van der Waals surface area contributed by atoms with Gasteiger partial charge in [-0.2, -0.15) is 0 Å². The number of aromatic nitrogens is 1. The van der Waals surface area contributed by atoms with Crippen LogP contribution in [0.4, 0.5) is 11.4 Å². The van der Waals surface area contributed by atoms with E-state index in [1.807, 2.05) is 26.0 Å². The lowest BCUT2D eigenvalue weighted by Crippen LogP contribution is -2.37. The van der Waals surface area contributed by atoms with Crippen molar-refractivity contribution < 1.29 is 4.74 Å². The SMILES string of the molecule is CC.CCCN(CCCN(C)C)C1=C/C(=C/c2nc3ccccc3s2)c2ccc(OC)cc2N1c1ccccc1. The maximum atomic E-state index is 5.70. The van der Waals surface area contributed by atoms with Gasteiger partial charge in [0.25, 0.3) is 0 Å². The highest BCUT2D eigenvalue weighted by molar-refractivity contribution is 7.19. The Morgan fingerprint density at radius 3 is 2.38 bits per heavy atom. The molecule has 0 radical (unpaired) electrons. The predicted octanol–water partition coefficient (Wildman–Crippen LogP) is 8.53. The molecular formula is C34H42N4OS. The number of fused-ring (bicyclic) bond motifs is 2. The number of anilines is 2. The molecule has 210 valence electrons. The van der Waals surface area contributed by atoms with Crippen molar-refractivity contribution in [2.75, 3.05) is 45.7 Å². The maximum absolute atomic E-state index is 5.70. The minimum absolute atomic E-state index is 0.847. The molecule has 1 aromatic heterocycles. The molecular weight excluding hydrogens is 512 g/mol. The monoisotopic (exact) mass is 554 g/mol. The summed E-state index contributed by atoms with van der Waals surface area (Å²) >= 11 is 1.73. The summed E-state index contributed by atoms with van der Waals surface area (Å²) in [5, 5.41) is 1.02. The quantitative estimate of drug-likeness (QED) is 0.196. The fourth-order valence-corrected chi connectivity index (χ4v) is 5.87. The van der Waals surface area contributed by atoms with Crippen LogP contribution in [0.3, 0.4) is 0 Å². The van der Waals surface area contributed by atoms with E-state index in [1.54, 1.807) is 18.4 Å². The van der Waals surface area contributed by atoms with Gasteiger partial charge in [0.15, 0.2) is 0 Å². The van der Waals surface area contributed by atoms with Crippen LogP contribution in [0.25, 0.3) is 21.9 Å². The number of rotatable bonds is 10. The van der Waals surface area contributed by atoms with Crippen LogP contribution >= 0.6 is 11.3 Å². The molecule has 0 amide bonds. The molecule has 40 heavy (non-hydrogen) atoms. The van der Waals surface area contributed by atoms with Crippen LogP contribution in [0, 0.1) is 0 Å². The summed E-state index contributed by atoms with van der Waals surface area (Å²) in [5.41, 5.74) is 5.64. The van der Waals surface area contributed by atoms with E-state index in [0.29, 0.717) is 0 Å². The Bertz CT molecular complexity index is 1410. The van der Waals surface area contributed by atoms with E-state index in [-0.39, 0.29) is 0 Å². The number of nitrogens with zero attached hydrogens (tertiary/aromatic N) is 4. The Labute approximate surface area is 244 Å². The van der Waals surface area contributed by atoms with Crippen molar-refractivity contribution in [1.82, 2.24) is 14.8 Å². The van der Waals surface area contributed by atoms with Gasteiger partial charge in [0.05, 0.1) is 23.0 Å². The predicted molar refractivity (Wildman–Crippen MR) is 174 cm³/mol. The van der Waals surface area contributed by atoms with Gasteiger partial charge in [-0.05, 0) is 87.6 Å². The highest BCUT2D eigenvalue weighted by atomic mass is 32.1. The number of hydrogen-bond donors (Lipinski definition) is 0. The number of hydrogen-bond acceptors (Lipinski definition) is 6. The van der Waals surface area contributed by atoms with Crippen LogP contribution in [0.1, 0.15) is 44.2 Å². The Hall–Kier alpha value is -3.61. The maximum Gasteiger partial charge on any atom is 0.120 e. The van der Waals surface area contributed by atoms with Crippen LogP contribution in [-0.4, -0.2) is 55.6 Å². The summed E-state index contributed by atoms with van der Waals surface area (Å²) in [6.45, 7) is 9.27. The summed E-state index contributed by atoms with van der Waals surface area (Å²) in [5.74, 6) is 2.03. The first kappa shape index (κ1) is 29.4. The lowest BCUT2D eigenvalue weighted by Gasteiger charge is -2.40. The van der Waals surface area contributed by atoms with Crippen molar-refractivity contribution in [3.05, 3.63) is 95.3 Å². The van der Waals surface area contributed by atoms with Crippen molar-refractivity contribution in [3.63, 3.8) is 0 Å². The third-order valence-corrected chi connectivity index (χ3v) is 7.71. The van der Waals surface area contributed by atoms with Crippen molar-refractivity contribution in [1.29, 1.82) is 0 Å². The fraction of sp³-hybridized carbons (Fsp3) is 0.324. The number of allylic oxidation sites excluding steroid dienone is 2. The first-order valence-electron chi connectivity index (χ1n) is 14.3. The average molecular weight is 555 g/mol. The Kier molecular flexibility index (Phi) is 10.4. The summed E-state index contributed by atoms with van der Waals surface area (Å²) in [6.07, 6.45) is 6.75. The van der Waals surface area contributed by atoms with Crippen LogP contribution in [0.5, 0.6) is 5.75 Å². The van der Waals surface area contributed by atoms with E-state index >= 15 is 0 Å². The van der Waals surface area contributed by atoms with Gasteiger partial charge in [0, 0.05) is 30.4 Å². The molecule has 0 aliphatic carbocycles. The van der Waals surface area contributed by atoms with E-state index in [4.69, 9.17) is 9.72 Å². The zero-order valence-electron chi connectivity index (χ0n) is 24.7. The van der Waals surface area contributed by atoms with Crippen molar-refractivity contribution in [3.8, 4) is 5.75 Å². The van der Waals surface area contributed by atoms with E-state index in [0.717, 1.165) is 65.7 Å². The number of methoxy groups -OCH3 is 1. The Morgan fingerprint density at radius 1 is 0.925 bits per heavy atom. The molecule has 0 bridgehead atoms. The Morgan fingerprint density at radius 2 is 1.68 bits per heavy atom. The first-order valence-corrected chi connectivity index (χ1v) is 15.1. The van der Waals surface area contributed by atoms with Crippen molar-refractivity contribution >= 4 is 44.6 Å². The average Bonchev–Trinajstić information content (AvgIpc) is 3.40. The van der Waals surface area contributed by atoms with E-state index in [2.05, 4.69) is 109 Å². The van der Waals surface area contributed by atoms with Crippen LogP contribution < -0.4 is 9.64 Å². The van der Waals surface area contributed by atoms with Gasteiger partial charge in [-0.3, -0.25) is 4.90 Å². The number of benzene rings is 3. The number of thiazole rings is 1. The van der Waals surface area contributed by atoms with Gasteiger partial charge >= 0.3 is 0 Å². The molecule has 0 saturated heterocycles. The van der Waals surface area contributed by atoms with Crippen molar-refractivity contribution in [2.45, 2.75) is 33.6 Å². The third-order valence-electron chi connectivity index (χ3n) is 6.73. The molecule has 5 rings (SSSR count). The van der Waals surface area contributed by atoms with Gasteiger partial charge in [0.1, 0.15) is 16.6 Å². The van der Waals surface area contributed by atoms with Gasteiger partial charge in [0.2, 0.25) is 0 Å². The molecule has 0 unspecified atom stereocenters. The second kappa shape index (κ2) is 14.1. The molecule has 6 heteroatoms. The van der Waals surface area contributed by atoms with E-state index in [9.17, 15) is 0 Å². The minimum Gasteiger partial charge on any atom is -0.497 e. The highest BCUT2D eigenvalue weighted by Crippen LogP contribution is 2.44. The molecule has 4 aromatic rings. The smallest absolute Gasteiger partial charge is 0.120 e. The van der Waals surface area contributed by atoms with Gasteiger partial charge < -0.3 is 14.5 Å². The summed E-state index contributed by atoms with van der Waals surface area (Å²) in [6, 6.07) is 25.4. The van der Waals surface area contributed by atoms with Gasteiger partial charge in [-0.25, -0.2) is 4.98 Å². The van der Waals surface area contributed by atoms with Crippen LogP contribution in [0.2, 0.25) is 0 Å². The summed E-state index contributed by atoms with van der Waals surface area (Å²) in [4.78, 5) is 12.1. The standard InChI is InChI=1S/C32H36N4OS.C2H6/c1-5-18-35(20-11-19-34(2)3)32-22-24(21-31-33-28-14-9-10-15-30(28)38-31)27-17-16-26(37-4)23-29(27)36(32)25-12-7-6-8-13-25;1-2/h6-10,12-17,21-23H,5,11,18-20H2,1-4H3;1-2H3/b24-21-;. The highest BCUT2D eigenvalue weighted by Gasteiger charge is 2.28. The Balaban J connectivity index is 0.00000181. The lowest BCUT2D eigenvalue weighted by atomic mass is 9.97. The second-order valence-corrected chi connectivity index (χ2v) is 10.9. The molecule has 0 N–H and O–H groups in total. The van der Waals surface area contributed by atoms with Gasteiger partial charge in [-0.15, -0.1) is 11.3 Å². The topological polar surface area (TPSA) is 31.8 Å². The largest absolute Gasteiger partial charge is 0.497 e. The molecule has 1 aliphatic heterocycles. The van der Waals surface area contributed by atoms with Crippen molar-refractivity contribution in [2.24, 2.45) is 0 Å². The van der Waals surface area contributed by atoms with E-state index < -0.39 is 0 Å². The first-order chi connectivity index (χ1) is 19.6. The second-order valence-electron chi connectivity index (χ2n) is 9.82. The molecule has 1 aliphatic rings. The molecule has 5 nitrogen and oxygen atoms in total. The third kappa shape index (κ3) is 6.75. The number of ether oxygens (including phenoxy) is 1. The normalized spacial score (nSPS) is 13.6. The minimum atomic E-state index is 0.847. The molecule has 0 atom stereocenters. The fourth-order valence-electron chi connectivity index (χ4n) is 4.95. The van der Waals surface area contributed by atoms with Gasteiger partial charge in [-0.1, -0.05) is 51.1 Å². The summed E-state index contributed by atoms with van der Waals surface area (Å²) in [7, 11) is 6.01. The van der Waals surface area contributed by atoms with E-state index in [1.165, 1.54) is 16.1 Å². The zero-order valence-corrected chi connectivity index (χ0v) is 25.5. The van der Waals surface area contributed by atoms with Crippen LogP contribution in [0.15, 0.2) is 84.7 Å². The molecule has 0 saturated carbocycles. The summed E-state index contributed by atoms with van der Waals surface area (Å²) < 4.78 is 6.90. The number of para-hydroxylation sites is 2. The molecule has 0 fully saturated rings.